The molecule has 3 rings (SSSR count). The molecule has 8 nitrogen and oxygen atoms in total. The molecule has 3 N–H and O–H groups in total. The SMILES string of the molecule is CC[NH2+]CC(=O)c1c(-c2ccccc2)[nH]n(-c2ccc([N+](=O)[O-])cc2)c1=O. The third-order valence-corrected chi connectivity index (χ3v) is 4.17. The number of Topliss-reactive ketones (excluding diaryl/α,β-unsaturated/α-hetero) is 1. The van der Waals surface area contributed by atoms with Crippen molar-refractivity contribution in [2.45, 2.75) is 6.92 Å². The summed E-state index contributed by atoms with van der Waals surface area (Å²) < 4.78 is 1.24. The van der Waals surface area contributed by atoms with Gasteiger partial charge in [-0.2, -0.15) is 0 Å². The van der Waals surface area contributed by atoms with Crippen LogP contribution in [0, 0.1) is 10.1 Å². The highest BCUT2D eigenvalue weighted by Gasteiger charge is 2.23. The Morgan fingerprint density at radius 1 is 1.15 bits per heavy atom. The molecule has 2 aromatic carbocycles. The molecule has 0 amide bonds. The Morgan fingerprint density at radius 2 is 1.81 bits per heavy atom. The fourth-order valence-electron chi connectivity index (χ4n) is 2.79. The normalized spacial score (nSPS) is 10.7. The number of H-pyrrole nitrogens is 1. The average Bonchev–Trinajstić information content (AvgIpc) is 3.04. The Balaban J connectivity index is 2.13. The average molecular weight is 367 g/mol. The maximum atomic E-state index is 13.0. The lowest BCUT2D eigenvalue weighted by Gasteiger charge is -2.02. The van der Waals surface area contributed by atoms with Gasteiger partial charge in [0.15, 0.2) is 0 Å². The smallest absolute Gasteiger partial charge is 0.283 e. The van der Waals surface area contributed by atoms with Gasteiger partial charge in [0.25, 0.3) is 11.2 Å². The summed E-state index contributed by atoms with van der Waals surface area (Å²) in [5.74, 6) is -0.266. The second kappa shape index (κ2) is 7.79. The zero-order valence-corrected chi connectivity index (χ0v) is 14.7. The lowest BCUT2D eigenvalue weighted by Crippen LogP contribution is -2.85. The Labute approximate surface area is 154 Å². The third kappa shape index (κ3) is 3.70. The molecule has 27 heavy (non-hydrogen) atoms. The van der Waals surface area contributed by atoms with Crippen molar-refractivity contribution in [3.63, 3.8) is 0 Å². The predicted molar refractivity (Wildman–Crippen MR) is 100 cm³/mol. The molecule has 1 aromatic heterocycles. The molecule has 0 saturated carbocycles. The molecule has 0 aliphatic carbocycles. The van der Waals surface area contributed by atoms with E-state index in [4.69, 9.17) is 0 Å². The van der Waals surface area contributed by atoms with Crippen molar-refractivity contribution in [1.29, 1.82) is 0 Å². The monoisotopic (exact) mass is 367 g/mol. The number of nitrogens with one attached hydrogen (secondary N) is 1. The van der Waals surface area contributed by atoms with E-state index in [1.54, 1.807) is 0 Å². The predicted octanol–water partition coefficient (Wildman–Crippen LogP) is 1.51. The van der Waals surface area contributed by atoms with Crippen LogP contribution in [0.15, 0.2) is 59.4 Å². The lowest BCUT2D eigenvalue weighted by atomic mass is 10.1. The zero-order chi connectivity index (χ0) is 19.4. The number of nitrogens with zero attached hydrogens (tertiary/aromatic N) is 2. The Morgan fingerprint density at radius 3 is 2.41 bits per heavy atom. The number of hydrogen-bond donors (Lipinski definition) is 2. The van der Waals surface area contributed by atoms with Crippen molar-refractivity contribution >= 4 is 11.5 Å². The van der Waals surface area contributed by atoms with Crippen molar-refractivity contribution in [2.24, 2.45) is 0 Å². The van der Waals surface area contributed by atoms with Gasteiger partial charge in [-0.15, -0.1) is 0 Å². The molecule has 0 fully saturated rings. The number of ketones is 1. The van der Waals surface area contributed by atoms with Gasteiger partial charge in [0.1, 0.15) is 12.1 Å². The summed E-state index contributed by atoms with van der Waals surface area (Å²) in [6, 6.07) is 14.7. The lowest BCUT2D eigenvalue weighted by molar-refractivity contribution is -0.639. The molecule has 8 heteroatoms. The first kappa shape index (κ1) is 18.3. The molecule has 0 spiro atoms. The molecule has 0 atom stereocenters. The van der Waals surface area contributed by atoms with Gasteiger partial charge in [-0.05, 0) is 19.1 Å². The van der Waals surface area contributed by atoms with Crippen LogP contribution in [0.4, 0.5) is 5.69 Å². The van der Waals surface area contributed by atoms with E-state index in [-0.39, 0.29) is 23.6 Å². The van der Waals surface area contributed by atoms with Gasteiger partial charge < -0.3 is 5.32 Å². The number of nitro groups is 1. The minimum atomic E-state index is -0.508. The van der Waals surface area contributed by atoms with E-state index in [0.717, 1.165) is 12.1 Å². The van der Waals surface area contributed by atoms with Crippen molar-refractivity contribution < 1.29 is 15.0 Å². The number of rotatable bonds is 7. The first-order valence-corrected chi connectivity index (χ1v) is 8.53. The summed E-state index contributed by atoms with van der Waals surface area (Å²) in [4.78, 5) is 35.9. The number of nitro benzene ring substituents is 1. The number of non-ortho nitro benzene ring substituents is 1. The number of carbonyl (C=O) groups is 1. The summed E-state index contributed by atoms with van der Waals surface area (Å²) in [5.41, 5.74) is 1.11. The second-order valence-corrected chi connectivity index (χ2v) is 5.97. The topological polar surface area (TPSA) is 115 Å². The fraction of sp³-hybridized carbons (Fsp3) is 0.158. The molecule has 1 heterocycles. The van der Waals surface area contributed by atoms with Crippen LogP contribution < -0.4 is 10.9 Å². The maximum Gasteiger partial charge on any atom is 0.283 e. The summed E-state index contributed by atoms with van der Waals surface area (Å²) in [6.45, 7) is 2.83. The van der Waals surface area contributed by atoms with E-state index in [9.17, 15) is 19.7 Å². The minimum absolute atomic E-state index is 0.0736. The van der Waals surface area contributed by atoms with Gasteiger partial charge >= 0.3 is 0 Å². The molecule has 0 aliphatic heterocycles. The highest BCUT2D eigenvalue weighted by atomic mass is 16.6. The van der Waals surface area contributed by atoms with E-state index >= 15 is 0 Å². The maximum absolute atomic E-state index is 13.0. The highest BCUT2D eigenvalue weighted by molar-refractivity contribution is 6.02. The Bertz CT molecular complexity index is 1020. The van der Waals surface area contributed by atoms with Crippen molar-refractivity contribution in [3.05, 3.63) is 80.6 Å². The van der Waals surface area contributed by atoms with Crippen LogP contribution in [0.1, 0.15) is 17.3 Å². The molecule has 0 aliphatic rings. The Hall–Kier alpha value is -3.52. The quantitative estimate of drug-likeness (QED) is 0.374. The molecule has 0 saturated heterocycles. The van der Waals surface area contributed by atoms with Crippen LogP contribution in [-0.2, 0) is 0 Å². The van der Waals surface area contributed by atoms with Crippen molar-refractivity contribution in [1.82, 2.24) is 9.78 Å². The zero-order valence-electron chi connectivity index (χ0n) is 14.7. The van der Waals surface area contributed by atoms with E-state index in [0.29, 0.717) is 11.4 Å². The summed E-state index contributed by atoms with van der Waals surface area (Å²) in [6.07, 6.45) is 0. The number of nitrogens with two attached hydrogens (primary N) is 1. The van der Waals surface area contributed by atoms with Gasteiger partial charge in [-0.1, -0.05) is 30.3 Å². The number of likely N-dealkylation sites (N-methyl/N-ethyl adjacent to an activating group) is 1. The highest BCUT2D eigenvalue weighted by Crippen LogP contribution is 2.21. The van der Waals surface area contributed by atoms with Crippen LogP contribution in [0.25, 0.3) is 16.9 Å². The van der Waals surface area contributed by atoms with Crippen LogP contribution >= 0.6 is 0 Å². The van der Waals surface area contributed by atoms with Gasteiger partial charge in [0.2, 0.25) is 5.78 Å². The number of carbonyl (C=O) groups excluding carboxylic acids is 1. The number of quaternary nitrogens is 1. The largest absolute Gasteiger partial charge is 0.340 e. The number of aromatic amines is 1. The first-order valence-electron chi connectivity index (χ1n) is 8.53. The summed E-state index contributed by atoms with van der Waals surface area (Å²) in [5, 5.41) is 15.6. The number of aromatic nitrogens is 2. The van der Waals surface area contributed by atoms with E-state index < -0.39 is 10.5 Å². The number of benzene rings is 2. The summed E-state index contributed by atoms with van der Waals surface area (Å²) >= 11 is 0. The van der Waals surface area contributed by atoms with Crippen molar-refractivity contribution in [3.8, 4) is 16.9 Å². The van der Waals surface area contributed by atoms with Gasteiger partial charge in [0, 0.05) is 17.7 Å². The van der Waals surface area contributed by atoms with E-state index in [1.807, 2.05) is 42.6 Å². The Kier molecular flexibility index (Phi) is 5.28. The molecular formula is C19H19N4O4+. The molecule has 0 unspecified atom stereocenters. The van der Waals surface area contributed by atoms with Crippen LogP contribution in [0.2, 0.25) is 0 Å². The van der Waals surface area contributed by atoms with Gasteiger partial charge in [0.05, 0.1) is 22.8 Å². The fourth-order valence-corrected chi connectivity index (χ4v) is 2.79. The molecule has 3 aromatic rings. The van der Waals surface area contributed by atoms with E-state index in [2.05, 4.69) is 5.10 Å². The van der Waals surface area contributed by atoms with Crippen LogP contribution in [0.5, 0.6) is 0 Å². The van der Waals surface area contributed by atoms with Crippen molar-refractivity contribution in [2.75, 3.05) is 13.1 Å². The second-order valence-electron chi connectivity index (χ2n) is 5.97. The molecular weight excluding hydrogens is 348 g/mol. The summed E-state index contributed by atoms with van der Waals surface area (Å²) in [7, 11) is 0. The van der Waals surface area contributed by atoms with Gasteiger partial charge in [-0.3, -0.25) is 24.8 Å². The molecule has 138 valence electrons. The van der Waals surface area contributed by atoms with Gasteiger partial charge in [-0.25, -0.2) is 4.68 Å². The number of hydrogen-bond acceptors (Lipinski definition) is 4. The van der Waals surface area contributed by atoms with Crippen LogP contribution in [-0.4, -0.2) is 33.6 Å². The van der Waals surface area contributed by atoms with E-state index in [1.165, 1.54) is 28.9 Å². The van der Waals surface area contributed by atoms with Crippen LogP contribution in [0.3, 0.4) is 0 Å². The standard InChI is InChI=1S/C19H18N4O4/c1-2-20-12-16(24)17-18(13-6-4-3-5-7-13)21-22(19(17)25)14-8-10-15(11-9-14)23(26)27/h3-11,20-21H,2,12H2,1H3/p+1. The molecule has 0 bridgehead atoms. The first-order chi connectivity index (χ1) is 13.0. The molecule has 0 radical (unpaired) electrons. The third-order valence-electron chi connectivity index (χ3n) is 4.17. The minimum Gasteiger partial charge on any atom is -0.340 e.